The van der Waals surface area contributed by atoms with Crippen LogP contribution in [0.15, 0.2) is 134 Å². The highest BCUT2D eigenvalue weighted by atomic mass is 14.4. The third-order valence-corrected chi connectivity index (χ3v) is 10.0. The molecule has 2 aliphatic carbocycles. The molecule has 0 heteroatoms. The molecule has 0 N–H and O–H groups in total. The molecule has 5 aromatic carbocycles. The van der Waals surface area contributed by atoms with Gasteiger partial charge in [0.15, 0.2) is 0 Å². The fourth-order valence-electron chi connectivity index (χ4n) is 7.04. The Hall–Kier alpha value is -4.42. The Morgan fingerprint density at radius 2 is 1.28 bits per heavy atom. The summed E-state index contributed by atoms with van der Waals surface area (Å²) >= 11 is 0. The van der Waals surface area contributed by atoms with E-state index >= 15 is 0 Å². The SMILES string of the molecule is C=CC(=C)CCC.Cc1ccc(-c2cccc(-c3ccccc3C)c2C2CCC2)cc1.Cc1ccc2c(c1)C(C)(C)c1ccccc1-2. The third kappa shape index (κ3) is 7.44. The minimum Gasteiger partial charge on any atom is -0.0988 e. The van der Waals surface area contributed by atoms with Crippen molar-refractivity contribution in [1.29, 1.82) is 0 Å². The third-order valence-electron chi connectivity index (χ3n) is 10.0. The lowest BCUT2D eigenvalue weighted by atomic mass is 9.74. The van der Waals surface area contributed by atoms with Crippen molar-refractivity contribution in [2.75, 3.05) is 0 Å². The molecule has 0 radical (unpaired) electrons. The summed E-state index contributed by atoms with van der Waals surface area (Å²) in [5.74, 6) is 0.706. The number of hydrogen-bond donors (Lipinski definition) is 0. The molecule has 0 unspecified atom stereocenters. The first-order valence-electron chi connectivity index (χ1n) is 17.4. The fourth-order valence-corrected chi connectivity index (χ4v) is 7.04. The summed E-state index contributed by atoms with van der Waals surface area (Å²) in [6.45, 7) is 20.6. The number of benzene rings is 5. The van der Waals surface area contributed by atoms with E-state index in [1.54, 1.807) is 5.56 Å². The number of aryl methyl sites for hydroxylation is 3. The van der Waals surface area contributed by atoms with Crippen LogP contribution in [0.2, 0.25) is 0 Å². The predicted octanol–water partition coefficient (Wildman–Crippen LogP) is 13.7. The molecule has 1 saturated carbocycles. The fraction of sp³-hybridized carbons (Fsp3) is 0.277. The second-order valence-electron chi connectivity index (χ2n) is 13.9. The zero-order valence-electron chi connectivity index (χ0n) is 29.5. The zero-order chi connectivity index (χ0) is 33.6. The molecule has 0 aliphatic heterocycles. The van der Waals surface area contributed by atoms with Crippen LogP contribution in [0.4, 0.5) is 0 Å². The van der Waals surface area contributed by atoms with Crippen LogP contribution < -0.4 is 0 Å². The van der Waals surface area contributed by atoms with Crippen molar-refractivity contribution in [2.24, 2.45) is 0 Å². The van der Waals surface area contributed by atoms with E-state index in [2.05, 4.69) is 164 Å². The Labute approximate surface area is 284 Å². The Bertz CT molecular complexity index is 1840. The van der Waals surface area contributed by atoms with Gasteiger partial charge in [-0.15, -0.1) is 0 Å². The van der Waals surface area contributed by atoms with Crippen LogP contribution in [-0.2, 0) is 5.41 Å². The molecule has 0 spiro atoms. The minimum atomic E-state index is 0.151. The van der Waals surface area contributed by atoms with E-state index in [9.17, 15) is 0 Å². The Balaban J connectivity index is 0.000000162. The maximum absolute atomic E-state index is 3.74. The standard InChI is InChI=1S/C24H24.C16H16.C7H12/c1-17-13-15-19(16-14-17)22-11-6-12-23(24(22)20-8-5-9-20)21-10-4-3-7-18(21)2;1-11-8-9-13-12-6-4-5-7-14(12)16(2,3)15(13)10-11;1-4-6-7(3)5-2/h3-4,6-7,10-16,20H,5,8-9H2,1-2H3;4-10H,1-3H3;5H,2-4,6H2,1H3. The summed E-state index contributed by atoms with van der Waals surface area (Å²) in [5, 5.41) is 0. The molecule has 0 nitrogen and oxygen atoms in total. The van der Waals surface area contributed by atoms with E-state index < -0.39 is 0 Å². The molecule has 0 bridgehead atoms. The molecule has 47 heavy (non-hydrogen) atoms. The van der Waals surface area contributed by atoms with Crippen molar-refractivity contribution in [3.05, 3.63) is 167 Å². The molecule has 0 saturated heterocycles. The molecule has 0 heterocycles. The van der Waals surface area contributed by atoms with Gasteiger partial charge in [-0.3, -0.25) is 0 Å². The summed E-state index contributed by atoms with van der Waals surface area (Å²) in [7, 11) is 0. The lowest BCUT2D eigenvalue weighted by Gasteiger charge is -2.31. The molecule has 7 rings (SSSR count). The summed E-state index contributed by atoms with van der Waals surface area (Å²) in [4.78, 5) is 0. The van der Waals surface area contributed by atoms with Gasteiger partial charge in [-0.2, -0.15) is 0 Å². The first kappa shape index (κ1) is 33.9. The second kappa shape index (κ2) is 15.0. The molecule has 5 aromatic rings. The van der Waals surface area contributed by atoms with Gasteiger partial charge in [-0.1, -0.05) is 179 Å². The number of fused-ring (bicyclic) bond motifs is 3. The Morgan fingerprint density at radius 3 is 1.89 bits per heavy atom. The Morgan fingerprint density at radius 1 is 0.681 bits per heavy atom. The van der Waals surface area contributed by atoms with E-state index in [0.717, 1.165) is 12.0 Å². The van der Waals surface area contributed by atoms with Gasteiger partial charge in [-0.25, -0.2) is 0 Å². The highest BCUT2D eigenvalue weighted by Crippen LogP contribution is 2.49. The van der Waals surface area contributed by atoms with E-state index in [1.807, 2.05) is 6.08 Å². The molecule has 0 aromatic heterocycles. The molecule has 1 fully saturated rings. The van der Waals surface area contributed by atoms with Crippen molar-refractivity contribution < 1.29 is 0 Å². The van der Waals surface area contributed by atoms with Crippen molar-refractivity contribution >= 4 is 0 Å². The monoisotopic (exact) mass is 616 g/mol. The van der Waals surface area contributed by atoms with E-state index in [4.69, 9.17) is 0 Å². The van der Waals surface area contributed by atoms with Gasteiger partial charge in [-0.05, 0) is 102 Å². The van der Waals surface area contributed by atoms with Gasteiger partial charge in [0.1, 0.15) is 0 Å². The average molecular weight is 617 g/mol. The molecule has 0 atom stereocenters. The first-order valence-corrected chi connectivity index (χ1v) is 17.4. The largest absolute Gasteiger partial charge is 0.0988 e. The molecule has 2 aliphatic rings. The number of rotatable bonds is 6. The van der Waals surface area contributed by atoms with E-state index in [0.29, 0.717) is 5.92 Å². The summed E-state index contributed by atoms with van der Waals surface area (Å²) < 4.78 is 0. The molecule has 0 amide bonds. The van der Waals surface area contributed by atoms with Gasteiger partial charge in [0.25, 0.3) is 0 Å². The normalized spacial score (nSPS) is 13.9. The predicted molar refractivity (Wildman–Crippen MR) is 206 cm³/mol. The maximum Gasteiger partial charge on any atom is 0.0158 e. The van der Waals surface area contributed by atoms with Crippen LogP contribution in [0.25, 0.3) is 33.4 Å². The van der Waals surface area contributed by atoms with Gasteiger partial charge >= 0.3 is 0 Å². The van der Waals surface area contributed by atoms with Crippen molar-refractivity contribution in [1.82, 2.24) is 0 Å². The van der Waals surface area contributed by atoms with Gasteiger partial charge in [0.2, 0.25) is 0 Å². The highest BCUT2D eigenvalue weighted by molar-refractivity contribution is 5.82. The topological polar surface area (TPSA) is 0 Å². The van der Waals surface area contributed by atoms with Crippen molar-refractivity contribution in [3.63, 3.8) is 0 Å². The summed E-state index contributed by atoms with van der Waals surface area (Å²) in [5.41, 5.74) is 18.2. The van der Waals surface area contributed by atoms with Gasteiger partial charge in [0.05, 0.1) is 0 Å². The van der Waals surface area contributed by atoms with Crippen molar-refractivity contribution in [3.8, 4) is 33.4 Å². The first-order chi connectivity index (χ1) is 22.6. The average Bonchev–Trinajstić information content (AvgIpc) is 3.27. The van der Waals surface area contributed by atoms with Gasteiger partial charge in [0, 0.05) is 5.41 Å². The zero-order valence-corrected chi connectivity index (χ0v) is 29.5. The summed E-state index contributed by atoms with van der Waals surface area (Å²) in [6, 6.07) is 40.2. The van der Waals surface area contributed by atoms with Gasteiger partial charge < -0.3 is 0 Å². The molecular formula is C47H52. The maximum atomic E-state index is 3.74. The van der Waals surface area contributed by atoms with E-state index in [1.165, 1.54) is 86.9 Å². The van der Waals surface area contributed by atoms with Crippen LogP contribution in [0.1, 0.15) is 92.2 Å². The quantitative estimate of drug-likeness (QED) is 0.167. The smallest absolute Gasteiger partial charge is 0.0158 e. The number of hydrogen-bond acceptors (Lipinski definition) is 0. The lowest BCUT2D eigenvalue weighted by molar-refractivity contribution is 0.421. The van der Waals surface area contributed by atoms with Crippen molar-refractivity contribution in [2.45, 2.75) is 85.0 Å². The van der Waals surface area contributed by atoms with Crippen LogP contribution in [0.5, 0.6) is 0 Å². The molecular weight excluding hydrogens is 565 g/mol. The summed E-state index contributed by atoms with van der Waals surface area (Å²) in [6.07, 6.45) is 8.07. The highest BCUT2D eigenvalue weighted by Gasteiger charge is 2.34. The lowest BCUT2D eigenvalue weighted by Crippen LogP contribution is -2.14. The minimum absolute atomic E-state index is 0.151. The van der Waals surface area contributed by atoms with Crippen LogP contribution in [0.3, 0.4) is 0 Å². The second-order valence-corrected chi connectivity index (χ2v) is 13.9. The van der Waals surface area contributed by atoms with E-state index in [-0.39, 0.29) is 5.41 Å². The van der Waals surface area contributed by atoms with Crippen LogP contribution in [0, 0.1) is 20.8 Å². The van der Waals surface area contributed by atoms with Crippen LogP contribution in [-0.4, -0.2) is 0 Å². The molecule has 240 valence electrons. The Kier molecular flexibility index (Phi) is 10.8. The number of allylic oxidation sites excluding steroid dienone is 2. The van der Waals surface area contributed by atoms with Crippen LogP contribution >= 0.6 is 0 Å².